The molecule has 0 saturated heterocycles. The van der Waals surface area contributed by atoms with E-state index in [1.807, 2.05) is 24.3 Å². The van der Waals surface area contributed by atoms with E-state index in [4.69, 9.17) is 46.9 Å². The first kappa shape index (κ1) is 47.1. The van der Waals surface area contributed by atoms with Gasteiger partial charge in [-0.15, -0.1) is 0 Å². The van der Waals surface area contributed by atoms with Crippen LogP contribution in [0.1, 0.15) is 11.1 Å². The van der Waals surface area contributed by atoms with Gasteiger partial charge in [0.1, 0.15) is 5.75 Å². The van der Waals surface area contributed by atoms with Crippen LogP contribution in [0, 0.1) is 52.1 Å². The van der Waals surface area contributed by atoms with Gasteiger partial charge >= 0.3 is 67.8 Å². The zero-order valence-corrected chi connectivity index (χ0v) is 21.8. The molecule has 0 heterocycles. The van der Waals surface area contributed by atoms with Crippen molar-refractivity contribution in [3.63, 3.8) is 0 Å². The predicted octanol–water partition coefficient (Wildman–Crippen LogP) is 3.22. The zero-order valence-electron chi connectivity index (χ0n) is 19.8. The number of methoxy groups -OCH3 is 4. The molecule has 196 valence electrons. The van der Waals surface area contributed by atoms with Crippen molar-refractivity contribution in [3.05, 3.63) is 87.4 Å². The molecule has 4 radical (unpaired) electrons. The van der Waals surface area contributed by atoms with Gasteiger partial charge in [-0.2, -0.15) is 0 Å². The molecule has 3 rings (SSSR count). The van der Waals surface area contributed by atoms with Crippen LogP contribution in [-0.4, -0.2) is 28.4 Å². The molecule has 1 aliphatic rings. The van der Waals surface area contributed by atoms with Gasteiger partial charge in [-0.3, -0.25) is 0 Å². The summed E-state index contributed by atoms with van der Waals surface area (Å²) in [4.78, 5) is 0. The monoisotopic (exact) mass is 596 g/mol. The molecule has 0 saturated carbocycles. The minimum atomic E-state index is 0. The summed E-state index contributed by atoms with van der Waals surface area (Å²) in [5.74, 6) is 2.65. The Kier molecular flexibility index (Phi) is 41.8. The van der Waals surface area contributed by atoms with E-state index in [0.29, 0.717) is 23.7 Å². The summed E-state index contributed by atoms with van der Waals surface area (Å²) in [6.45, 7) is 27.0. The third-order valence-corrected chi connectivity index (χ3v) is 3.91. The average molecular weight is 596 g/mol. The average Bonchev–Trinajstić information content (AvgIpc) is 3.16. The van der Waals surface area contributed by atoms with Crippen LogP contribution in [0.5, 0.6) is 23.0 Å². The first-order valence-corrected chi connectivity index (χ1v) is 8.45. The van der Waals surface area contributed by atoms with Crippen LogP contribution in [-0.2, 0) is 67.9 Å². The number of fused-ring (bicyclic) bond motifs is 3. The Bertz CT molecular complexity index is 989. The van der Waals surface area contributed by atoms with Crippen LogP contribution >= 0.6 is 0 Å². The quantitative estimate of drug-likeness (QED) is 0.393. The minimum absolute atomic E-state index is 0. The van der Waals surface area contributed by atoms with E-state index in [0.717, 1.165) is 28.0 Å². The topological polar surface area (TPSA) is 156 Å². The second-order valence-electron chi connectivity index (χ2n) is 5.07. The normalized spacial score (nSPS) is 7.78. The molecule has 2 aromatic rings. The van der Waals surface area contributed by atoms with Crippen LogP contribution in [0.2, 0.25) is 0 Å². The Morgan fingerprint density at radius 1 is 0.649 bits per heavy atom. The number of hydrogen-bond donors (Lipinski definition) is 0. The maximum atomic E-state index is 7.50. The van der Waals surface area contributed by atoms with Crippen molar-refractivity contribution in [2.24, 2.45) is 0 Å². The largest absolute Gasteiger partial charge is 0 e. The molecule has 37 heavy (non-hydrogen) atoms. The SMILES string of the molecule is COc1ccc2c(c1)[C]=[C]Cc1cc(OC)c(OC)c(OC)c1-2.[C-]#[O+].[C-]#[O+].[C-]#[O+].[C-]#[O+].[C-]#[O+].[C-]#[O+].[Co].[Co]. The Morgan fingerprint density at radius 3 is 1.54 bits per heavy atom. The molecular weight excluding hydrogens is 578 g/mol. The van der Waals surface area contributed by atoms with Crippen LogP contribution in [0.4, 0.5) is 0 Å². The van der Waals surface area contributed by atoms with Crippen LogP contribution in [0.3, 0.4) is 0 Å². The van der Waals surface area contributed by atoms with E-state index in [9.17, 15) is 0 Å². The van der Waals surface area contributed by atoms with E-state index < -0.39 is 0 Å². The molecule has 0 N–H and O–H groups in total. The van der Waals surface area contributed by atoms with Gasteiger partial charge in [0.15, 0.2) is 11.5 Å². The molecule has 1 aliphatic carbocycles. The van der Waals surface area contributed by atoms with Gasteiger partial charge in [-0.25, -0.2) is 0 Å². The number of hydrogen-bond acceptors (Lipinski definition) is 4. The fraction of sp³-hybridized carbons (Fsp3) is 0.200. The summed E-state index contributed by atoms with van der Waals surface area (Å²) in [6, 6.07) is 7.82. The van der Waals surface area contributed by atoms with Crippen molar-refractivity contribution < 1.29 is 80.4 Å². The molecular formula is C25H18Co2O10. The van der Waals surface area contributed by atoms with Crippen molar-refractivity contribution in [2.75, 3.05) is 28.4 Å². The van der Waals surface area contributed by atoms with Gasteiger partial charge < -0.3 is 18.9 Å². The zero-order chi connectivity index (χ0) is 28.4. The Hall–Kier alpha value is -3.17. The van der Waals surface area contributed by atoms with E-state index >= 15 is 0 Å². The first-order valence-electron chi connectivity index (χ1n) is 8.45. The summed E-state index contributed by atoms with van der Waals surface area (Å²) >= 11 is 0. The number of ether oxygens (including phenoxy) is 4. The maximum absolute atomic E-state index is 7.50. The summed E-state index contributed by atoms with van der Waals surface area (Å²) < 4.78 is 66.9. The second-order valence-corrected chi connectivity index (χ2v) is 5.07. The maximum Gasteiger partial charge on any atom is 0 e. The standard InChI is InChI=1S/C19H18O4.6CO.2Co/c1-20-14-8-9-15-12(10-14)6-5-7-13-11-16(21-2)18(22-3)19(23-4)17(13)15;6*1-2;;/h8-11H,7H2,1-4H3;;;;;;;;. The van der Waals surface area contributed by atoms with Crippen molar-refractivity contribution >= 4 is 0 Å². The summed E-state index contributed by atoms with van der Waals surface area (Å²) in [7, 11) is 6.50. The number of rotatable bonds is 4. The van der Waals surface area contributed by atoms with Crippen LogP contribution in [0.25, 0.3) is 11.1 Å². The van der Waals surface area contributed by atoms with Gasteiger partial charge in [-0.1, -0.05) is 0 Å². The molecule has 0 fully saturated rings. The summed E-state index contributed by atoms with van der Waals surface area (Å²) in [5.41, 5.74) is 3.94. The van der Waals surface area contributed by atoms with Crippen LogP contribution in [0.15, 0.2) is 24.3 Å². The third-order valence-electron chi connectivity index (χ3n) is 3.91. The molecule has 2 aromatic carbocycles. The van der Waals surface area contributed by atoms with Gasteiger partial charge in [0.25, 0.3) is 0 Å². The molecule has 0 unspecified atom stereocenters. The molecule has 10 nitrogen and oxygen atoms in total. The third kappa shape index (κ3) is 13.6. The molecule has 0 bridgehead atoms. The Labute approximate surface area is 236 Å². The minimum Gasteiger partial charge on any atom is 0 e. The molecule has 0 aliphatic heterocycles. The fourth-order valence-electron chi connectivity index (χ4n) is 2.85. The van der Waals surface area contributed by atoms with Gasteiger partial charge in [0, 0.05) is 39.1 Å². The van der Waals surface area contributed by atoms with E-state index in [1.54, 1.807) is 28.4 Å². The molecule has 0 amide bonds. The summed E-state index contributed by atoms with van der Waals surface area (Å²) in [6.07, 6.45) is 7.01. The second kappa shape index (κ2) is 32.8. The van der Waals surface area contributed by atoms with Crippen LogP contribution < -0.4 is 18.9 Å². The Balaban J connectivity index is -0.000000152. The van der Waals surface area contributed by atoms with Gasteiger partial charge in [-0.05, 0) is 59.5 Å². The number of allylic oxidation sites excluding steroid dienone is 1. The number of benzene rings is 2. The van der Waals surface area contributed by atoms with Gasteiger partial charge in [0.2, 0.25) is 5.75 Å². The molecule has 0 atom stereocenters. The van der Waals surface area contributed by atoms with E-state index in [-0.39, 0.29) is 33.6 Å². The van der Waals surface area contributed by atoms with Gasteiger partial charge in [0.05, 0.1) is 28.4 Å². The van der Waals surface area contributed by atoms with E-state index in [1.165, 1.54) is 0 Å². The molecule has 0 spiro atoms. The smallest absolute Gasteiger partial charge is 0 e. The fourth-order valence-corrected chi connectivity index (χ4v) is 2.85. The Morgan fingerprint density at radius 2 is 1.14 bits per heavy atom. The first-order chi connectivity index (χ1) is 17.2. The van der Waals surface area contributed by atoms with Crippen molar-refractivity contribution in [3.8, 4) is 34.1 Å². The predicted molar refractivity (Wildman–Crippen MR) is 111 cm³/mol. The molecule has 12 heteroatoms. The summed E-state index contributed by atoms with van der Waals surface area (Å²) in [5, 5.41) is 0. The molecule has 0 aromatic heterocycles. The van der Waals surface area contributed by atoms with Crippen molar-refractivity contribution in [1.82, 2.24) is 0 Å². The van der Waals surface area contributed by atoms with E-state index in [2.05, 4.69) is 52.1 Å². The van der Waals surface area contributed by atoms with Crippen molar-refractivity contribution in [2.45, 2.75) is 6.42 Å². The van der Waals surface area contributed by atoms with Crippen molar-refractivity contribution in [1.29, 1.82) is 0 Å².